The Balaban J connectivity index is 1.32. The van der Waals surface area contributed by atoms with Gasteiger partial charge >= 0.3 is 6.55 Å². The highest BCUT2D eigenvalue weighted by atomic mass is 79.9. The molecule has 0 atom stereocenters. The molecule has 5 rings (SSSR count). The van der Waals surface area contributed by atoms with Gasteiger partial charge in [0.2, 0.25) is 11.8 Å². The number of ether oxygens (including phenoxy) is 1. The summed E-state index contributed by atoms with van der Waals surface area (Å²) in [6, 6.07) is 10.7. The predicted octanol–water partition coefficient (Wildman–Crippen LogP) is 4.52. The molecule has 4 aromatic rings. The van der Waals surface area contributed by atoms with Gasteiger partial charge < -0.3 is 9.64 Å². The lowest BCUT2D eigenvalue weighted by molar-refractivity contribution is 0.0752. The molecule has 0 spiro atoms. The molecule has 0 unspecified atom stereocenters. The van der Waals surface area contributed by atoms with Gasteiger partial charge in [-0.1, -0.05) is 12.1 Å². The number of halogens is 3. The average molecular weight is 477 g/mol. The molecular formula is C20H19BrF2N6O. The minimum Gasteiger partial charge on any atom is -0.474 e. The number of benzene rings is 1. The third-order valence-corrected chi connectivity index (χ3v) is 5.99. The molecule has 1 saturated heterocycles. The van der Waals surface area contributed by atoms with Crippen LogP contribution in [0.2, 0.25) is 0 Å². The monoisotopic (exact) mass is 476 g/mol. The molecule has 1 aliphatic rings. The predicted molar refractivity (Wildman–Crippen MR) is 113 cm³/mol. The van der Waals surface area contributed by atoms with Gasteiger partial charge in [0.15, 0.2) is 5.65 Å². The Bertz CT molecular complexity index is 1210. The van der Waals surface area contributed by atoms with Crippen molar-refractivity contribution in [1.82, 2.24) is 24.3 Å². The van der Waals surface area contributed by atoms with Crippen molar-refractivity contribution in [2.75, 3.05) is 18.0 Å². The number of pyridine rings is 1. The van der Waals surface area contributed by atoms with Crippen LogP contribution in [0, 0.1) is 0 Å². The molecule has 1 aliphatic heterocycles. The zero-order valence-corrected chi connectivity index (χ0v) is 17.8. The van der Waals surface area contributed by atoms with Crippen molar-refractivity contribution in [2.24, 2.45) is 7.05 Å². The highest BCUT2D eigenvalue weighted by Crippen LogP contribution is 2.31. The minimum absolute atomic E-state index is 0.0350. The smallest absolute Gasteiger partial charge is 0.321 e. The topological polar surface area (TPSA) is 61.0 Å². The summed E-state index contributed by atoms with van der Waals surface area (Å²) in [6.45, 7) is -1.48. The fourth-order valence-corrected chi connectivity index (χ4v) is 4.48. The van der Waals surface area contributed by atoms with Crippen LogP contribution in [0.25, 0.3) is 22.1 Å². The molecule has 0 N–H and O–H groups in total. The number of piperidine rings is 1. The van der Waals surface area contributed by atoms with E-state index in [0.29, 0.717) is 48.8 Å². The van der Waals surface area contributed by atoms with Crippen molar-refractivity contribution in [3.05, 3.63) is 41.0 Å². The van der Waals surface area contributed by atoms with E-state index in [9.17, 15) is 8.78 Å². The first-order valence-corrected chi connectivity index (χ1v) is 10.5. The zero-order valence-electron chi connectivity index (χ0n) is 16.2. The van der Waals surface area contributed by atoms with E-state index in [1.165, 1.54) is 0 Å². The first-order chi connectivity index (χ1) is 14.5. The Morgan fingerprint density at radius 1 is 1.10 bits per heavy atom. The van der Waals surface area contributed by atoms with Crippen molar-refractivity contribution < 1.29 is 13.5 Å². The molecule has 1 fully saturated rings. The second kappa shape index (κ2) is 7.50. The molecule has 4 heterocycles. The van der Waals surface area contributed by atoms with E-state index in [1.807, 2.05) is 24.1 Å². The van der Waals surface area contributed by atoms with Crippen LogP contribution < -0.4 is 9.64 Å². The molecule has 156 valence electrons. The van der Waals surface area contributed by atoms with Crippen molar-refractivity contribution in [1.29, 1.82) is 0 Å². The van der Waals surface area contributed by atoms with Crippen molar-refractivity contribution in [3.8, 4) is 5.88 Å². The summed E-state index contributed by atoms with van der Waals surface area (Å²) in [4.78, 5) is 10.9. The van der Waals surface area contributed by atoms with Gasteiger partial charge in [-0.25, -0.2) is 9.67 Å². The van der Waals surface area contributed by atoms with E-state index >= 15 is 0 Å². The Kier molecular flexibility index (Phi) is 4.80. The van der Waals surface area contributed by atoms with E-state index < -0.39 is 6.55 Å². The molecule has 0 saturated carbocycles. The van der Waals surface area contributed by atoms with Crippen LogP contribution in [-0.2, 0) is 7.05 Å². The van der Waals surface area contributed by atoms with E-state index in [4.69, 9.17) is 4.74 Å². The SMILES string of the molecule is Cn1nc(Br)c2ccc(OC3CCN(c4nc5ccccc5n4C(F)F)CC3)nc21. The quantitative estimate of drug-likeness (QED) is 0.433. The number of anilines is 1. The number of aromatic nitrogens is 5. The summed E-state index contributed by atoms with van der Waals surface area (Å²) in [5.74, 6) is 0.847. The van der Waals surface area contributed by atoms with Gasteiger partial charge in [0.1, 0.15) is 10.7 Å². The van der Waals surface area contributed by atoms with E-state index in [2.05, 4.69) is 31.0 Å². The van der Waals surface area contributed by atoms with E-state index in [1.54, 1.807) is 28.9 Å². The summed E-state index contributed by atoms with van der Waals surface area (Å²) in [7, 11) is 1.83. The summed E-state index contributed by atoms with van der Waals surface area (Å²) >= 11 is 3.42. The zero-order chi connectivity index (χ0) is 20.8. The second-order valence-corrected chi connectivity index (χ2v) is 8.04. The van der Waals surface area contributed by atoms with Crippen LogP contribution >= 0.6 is 15.9 Å². The summed E-state index contributed by atoms with van der Waals surface area (Å²) in [5.41, 5.74) is 1.76. The molecule has 10 heteroatoms. The number of fused-ring (bicyclic) bond motifs is 2. The Labute approximate surface area is 179 Å². The summed E-state index contributed by atoms with van der Waals surface area (Å²) in [6.07, 6.45) is 1.36. The maximum absolute atomic E-state index is 13.7. The molecule has 0 bridgehead atoms. The van der Waals surface area contributed by atoms with Crippen molar-refractivity contribution in [3.63, 3.8) is 0 Å². The van der Waals surface area contributed by atoms with Crippen LogP contribution in [-0.4, -0.2) is 43.5 Å². The molecule has 0 amide bonds. The highest BCUT2D eigenvalue weighted by Gasteiger charge is 2.27. The van der Waals surface area contributed by atoms with Crippen LogP contribution in [0.4, 0.5) is 14.7 Å². The average Bonchev–Trinajstić information content (AvgIpc) is 3.26. The van der Waals surface area contributed by atoms with E-state index in [-0.39, 0.29) is 6.10 Å². The normalized spacial score (nSPS) is 15.6. The molecule has 0 aliphatic carbocycles. The van der Waals surface area contributed by atoms with Gasteiger partial charge in [-0.05, 0) is 34.1 Å². The van der Waals surface area contributed by atoms with Crippen LogP contribution in [0.15, 0.2) is 41.0 Å². The molecule has 3 aromatic heterocycles. The van der Waals surface area contributed by atoms with Gasteiger partial charge in [0, 0.05) is 39.0 Å². The Hall–Kier alpha value is -2.75. The van der Waals surface area contributed by atoms with Gasteiger partial charge in [0.25, 0.3) is 0 Å². The number of aryl methyl sites for hydroxylation is 1. The standard InChI is InChI=1S/C20H19BrF2N6O/c1-27-18-13(17(21)26-27)6-7-16(25-18)30-12-8-10-28(11-9-12)20-24-14-4-2-3-5-15(14)29(20)19(22)23/h2-7,12,19H,8-11H2,1H3. The van der Waals surface area contributed by atoms with Gasteiger partial charge in [-0.3, -0.25) is 4.57 Å². The minimum atomic E-state index is -2.64. The third kappa shape index (κ3) is 3.28. The summed E-state index contributed by atoms with van der Waals surface area (Å²) in [5, 5.41) is 5.22. The van der Waals surface area contributed by atoms with Crippen LogP contribution in [0.3, 0.4) is 0 Å². The molecule has 7 nitrogen and oxygen atoms in total. The number of hydrogen-bond acceptors (Lipinski definition) is 5. The summed E-state index contributed by atoms with van der Waals surface area (Å²) < 4.78 is 37.0. The Morgan fingerprint density at radius 2 is 1.87 bits per heavy atom. The number of imidazole rings is 1. The first-order valence-electron chi connectivity index (χ1n) is 9.67. The lowest BCUT2D eigenvalue weighted by atomic mass is 10.1. The molecule has 0 radical (unpaired) electrons. The number of hydrogen-bond donors (Lipinski definition) is 0. The van der Waals surface area contributed by atoms with Gasteiger partial charge in [0.05, 0.1) is 16.4 Å². The third-order valence-electron chi connectivity index (χ3n) is 5.40. The Morgan fingerprint density at radius 3 is 2.63 bits per heavy atom. The number of para-hydroxylation sites is 2. The van der Waals surface area contributed by atoms with Crippen LogP contribution in [0.1, 0.15) is 19.4 Å². The first kappa shape index (κ1) is 19.2. The lowest BCUT2D eigenvalue weighted by Gasteiger charge is -2.32. The fourth-order valence-electron chi connectivity index (χ4n) is 3.93. The maximum atomic E-state index is 13.7. The highest BCUT2D eigenvalue weighted by molar-refractivity contribution is 9.10. The largest absolute Gasteiger partial charge is 0.474 e. The van der Waals surface area contributed by atoms with Crippen LogP contribution in [0.5, 0.6) is 5.88 Å². The number of nitrogens with zero attached hydrogens (tertiary/aromatic N) is 6. The maximum Gasteiger partial charge on any atom is 0.321 e. The van der Waals surface area contributed by atoms with E-state index in [0.717, 1.165) is 20.2 Å². The number of rotatable bonds is 4. The lowest BCUT2D eigenvalue weighted by Crippen LogP contribution is -2.39. The second-order valence-electron chi connectivity index (χ2n) is 7.29. The molecular weight excluding hydrogens is 458 g/mol. The van der Waals surface area contributed by atoms with Gasteiger partial charge in [-0.2, -0.15) is 18.9 Å². The van der Waals surface area contributed by atoms with Gasteiger partial charge in [-0.15, -0.1) is 0 Å². The van der Waals surface area contributed by atoms with Crippen molar-refractivity contribution in [2.45, 2.75) is 25.5 Å². The van der Waals surface area contributed by atoms with Crippen molar-refractivity contribution >= 4 is 43.9 Å². The molecule has 1 aromatic carbocycles. The fraction of sp³-hybridized carbons (Fsp3) is 0.350. The molecule has 30 heavy (non-hydrogen) atoms. The number of alkyl halides is 2.